The van der Waals surface area contributed by atoms with E-state index in [4.69, 9.17) is 4.74 Å². The fraction of sp³-hybridized carbons (Fsp3) is 0.800. The van der Waals surface area contributed by atoms with Crippen LogP contribution in [0.1, 0.15) is 44.0 Å². The molecule has 1 fully saturated rings. The Labute approximate surface area is 116 Å². The van der Waals surface area contributed by atoms with Crippen molar-refractivity contribution >= 4 is 0 Å². The van der Waals surface area contributed by atoms with Crippen molar-refractivity contribution in [2.24, 2.45) is 13.0 Å². The molecule has 0 atom stereocenters. The molecule has 2 rings (SSSR count). The molecule has 1 heterocycles. The molecule has 1 aromatic heterocycles. The molecular weight excluding hydrogens is 238 g/mol. The van der Waals surface area contributed by atoms with Gasteiger partial charge in [0.2, 0.25) is 0 Å². The lowest BCUT2D eigenvalue weighted by atomic mass is 9.87. The predicted octanol–water partition coefficient (Wildman–Crippen LogP) is 2.58. The fourth-order valence-electron chi connectivity index (χ4n) is 2.84. The van der Waals surface area contributed by atoms with Crippen molar-refractivity contribution in [2.75, 3.05) is 13.2 Å². The number of aromatic nitrogens is 2. The first-order chi connectivity index (χ1) is 9.08. The quantitative estimate of drug-likeness (QED) is 0.832. The molecule has 0 aromatic carbocycles. The third-order valence-corrected chi connectivity index (χ3v) is 4.24. The molecule has 4 heteroatoms. The summed E-state index contributed by atoms with van der Waals surface area (Å²) in [7, 11) is 1.95. The van der Waals surface area contributed by atoms with Crippen LogP contribution >= 0.6 is 0 Å². The van der Waals surface area contributed by atoms with E-state index in [-0.39, 0.29) is 0 Å². The van der Waals surface area contributed by atoms with E-state index >= 15 is 0 Å². The van der Waals surface area contributed by atoms with Gasteiger partial charge in [0.15, 0.2) is 5.75 Å². The Hall–Kier alpha value is -1.03. The van der Waals surface area contributed by atoms with Crippen molar-refractivity contribution < 1.29 is 4.74 Å². The summed E-state index contributed by atoms with van der Waals surface area (Å²) in [5, 5.41) is 7.96. The number of hydrogen-bond donors (Lipinski definition) is 1. The highest BCUT2D eigenvalue weighted by Gasteiger charge is 2.17. The zero-order valence-electron chi connectivity index (χ0n) is 12.7. The Kier molecular flexibility index (Phi) is 4.86. The van der Waals surface area contributed by atoms with E-state index in [1.165, 1.54) is 25.7 Å². The van der Waals surface area contributed by atoms with Crippen molar-refractivity contribution in [1.29, 1.82) is 0 Å². The second kappa shape index (κ2) is 6.42. The highest BCUT2D eigenvalue weighted by molar-refractivity contribution is 5.31. The number of hydrogen-bond acceptors (Lipinski definition) is 3. The second-order valence-electron chi connectivity index (χ2n) is 5.88. The zero-order chi connectivity index (χ0) is 13.8. The van der Waals surface area contributed by atoms with E-state index in [0.29, 0.717) is 6.04 Å². The van der Waals surface area contributed by atoms with Crippen molar-refractivity contribution in [1.82, 2.24) is 15.1 Å². The smallest absolute Gasteiger partial charge is 0.163 e. The average Bonchev–Trinajstić information content (AvgIpc) is 2.62. The van der Waals surface area contributed by atoms with Crippen LogP contribution < -0.4 is 10.1 Å². The van der Waals surface area contributed by atoms with Gasteiger partial charge < -0.3 is 10.1 Å². The Morgan fingerprint density at radius 3 is 2.53 bits per heavy atom. The summed E-state index contributed by atoms with van der Waals surface area (Å²) in [4.78, 5) is 0. The van der Waals surface area contributed by atoms with Crippen LogP contribution in [0, 0.1) is 19.8 Å². The summed E-state index contributed by atoms with van der Waals surface area (Å²) in [5.41, 5.74) is 2.08. The van der Waals surface area contributed by atoms with Gasteiger partial charge in [0.1, 0.15) is 12.3 Å². The molecule has 0 aliphatic heterocycles. The number of nitrogens with zero attached hydrogens (tertiary/aromatic N) is 2. The van der Waals surface area contributed by atoms with Gasteiger partial charge in [0.25, 0.3) is 0 Å². The number of nitrogens with one attached hydrogen (secondary N) is 1. The molecule has 1 saturated carbocycles. The van der Waals surface area contributed by atoms with Crippen LogP contribution in [0.3, 0.4) is 0 Å². The molecule has 0 spiro atoms. The monoisotopic (exact) mass is 265 g/mol. The first-order valence-corrected chi connectivity index (χ1v) is 7.44. The molecule has 108 valence electrons. The molecule has 19 heavy (non-hydrogen) atoms. The van der Waals surface area contributed by atoms with Crippen LogP contribution in [0.15, 0.2) is 0 Å². The minimum atomic E-state index is 0.691. The van der Waals surface area contributed by atoms with Crippen molar-refractivity contribution in [3.05, 3.63) is 11.4 Å². The largest absolute Gasteiger partial charge is 0.488 e. The van der Waals surface area contributed by atoms with Crippen LogP contribution in [0.4, 0.5) is 0 Å². The maximum absolute atomic E-state index is 5.85. The van der Waals surface area contributed by atoms with Crippen LogP contribution in [0.5, 0.6) is 5.75 Å². The SMILES string of the molecule is Cc1nn(C)c(C)c1OCCNC1CCC(C)CC1. The third-order valence-electron chi connectivity index (χ3n) is 4.24. The zero-order valence-corrected chi connectivity index (χ0v) is 12.7. The Bertz CT molecular complexity index is 406. The van der Waals surface area contributed by atoms with Gasteiger partial charge in [0.05, 0.1) is 5.69 Å². The minimum Gasteiger partial charge on any atom is -0.488 e. The Morgan fingerprint density at radius 1 is 1.26 bits per heavy atom. The highest BCUT2D eigenvalue weighted by atomic mass is 16.5. The van der Waals surface area contributed by atoms with Crippen LogP contribution in [0.2, 0.25) is 0 Å². The third kappa shape index (κ3) is 3.72. The molecule has 1 N–H and O–H groups in total. The highest BCUT2D eigenvalue weighted by Crippen LogP contribution is 2.23. The summed E-state index contributed by atoms with van der Waals surface area (Å²) in [5.74, 6) is 1.86. The summed E-state index contributed by atoms with van der Waals surface area (Å²) < 4.78 is 7.73. The first kappa shape index (κ1) is 14.4. The predicted molar refractivity (Wildman–Crippen MR) is 77.6 cm³/mol. The van der Waals surface area contributed by atoms with E-state index in [0.717, 1.165) is 36.2 Å². The standard InChI is InChI=1S/C15H27N3O/c1-11-5-7-14(8-6-11)16-9-10-19-15-12(2)17-18(4)13(15)3/h11,14,16H,5-10H2,1-4H3. The molecule has 0 unspecified atom stereocenters. The number of rotatable bonds is 5. The molecule has 1 aliphatic rings. The average molecular weight is 265 g/mol. The second-order valence-corrected chi connectivity index (χ2v) is 5.88. The molecule has 4 nitrogen and oxygen atoms in total. The van der Waals surface area contributed by atoms with Crippen LogP contribution in [-0.2, 0) is 7.05 Å². The van der Waals surface area contributed by atoms with E-state index < -0.39 is 0 Å². The lowest BCUT2D eigenvalue weighted by Crippen LogP contribution is -2.35. The maximum atomic E-state index is 5.85. The Balaban J connectivity index is 1.69. The van der Waals surface area contributed by atoms with Crippen molar-refractivity contribution in [3.8, 4) is 5.75 Å². The summed E-state index contributed by atoms with van der Waals surface area (Å²) >= 11 is 0. The summed E-state index contributed by atoms with van der Waals surface area (Å²) in [6.45, 7) is 8.04. The van der Waals surface area contributed by atoms with Gasteiger partial charge in [-0.15, -0.1) is 0 Å². The summed E-state index contributed by atoms with van der Waals surface area (Å²) in [6.07, 6.45) is 5.34. The van der Waals surface area contributed by atoms with Gasteiger partial charge in [0, 0.05) is 19.6 Å². The molecule has 1 aromatic rings. The normalized spacial score (nSPS) is 23.6. The van der Waals surface area contributed by atoms with Crippen molar-refractivity contribution in [3.63, 3.8) is 0 Å². The van der Waals surface area contributed by atoms with E-state index in [1.54, 1.807) is 0 Å². The molecule has 0 bridgehead atoms. The number of ether oxygens (including phenoxy) is 1. The lowest BCUT2D eigenvalue weighted by Gasteiger charge is -2.27. The van der Waals surface area contributed by atoms with Gasteiger partial charge in [-0.3, -0.25) is 4.68 Å². The topological polar surface area (TPSA) is 39.1 Å². The lowest BCUT2D eigenvalue weighted by molar-refractivity contribution is 0.268. The maximum Gasteiger partial charge on any atom is 0.163 e. The van der Waals surface area contributed by atoms with E-state index in [2.05, 4.69) is 17.3 Å². The fourth-order valence-corrected chi connectivity index (χ4v) is 2.84. The van der Waals surface area contributed by atoms with Crippen LogP contribution in [0.25, 0.3) is 0 Å². The van der Waals surface area contributed by atoms with E-state index in [9.17, 15) is 0 Å². The number of aryl methyl sites for hydroxylation is 2. The molecule has 0 amide bonds. The molecule has 0 radical (unpaired) electrons. The first-order valence-electron chi connectivity index (χ1n) is 7.44. The van der Waals surface area contributed by atoms with Gasteiger partial charge >= 0.3 is 0 Å². The summed E-state index contributed by atoms with van der Waals surface area (Å²) in [6, 6.07) is 0.691. The van der Waals surface area contributed by atoms with Gasteiger partial charge in [-0.25, -0.2) is 0 Å². The van der Waals surface area contributed by atoms with Gasteiger partial charge in [-0.2, -0.15) is 5.10 Å². The molecular formula is C15H27N3O. The van der Waals surface area contributed by atoms with Crippen molar-refractivity contribution in [2.45, 2.75) is 52.5 Å². The molecule has 1 aliphatic carbocycles. The van der Waals surface area contributed by atoms with Crippen LogP contribution in [-0.4, -0.2) is 29.0 Å². The minimum absolute atomic E-state index is 0.691. The van der Waals surface area contributed by atoms with Gasteiger partial charge in [-0.1, -0.05) is 6.92 Å². The van der Waals surface area contributed by atoms with Gasteiger partial charge in [-0.05, 0) is 45.4 Å². The Morgan fingerprint density at radius 2 is 1.95 bits per heavy atom. The van der Waals surface area contributed by atoms with E-state index in [1.807, 2.05) is 25.6 Å². The molecule has 0 saturated heterocycles.